The molecule has 1 aliphatic carbocycles. The fourth-order valence-corrected chi connectivity index (χ4v) is 2.65. The Morgan fingerprint density at radius 1 is 1.27 bits per heavy atom. The molecule has 1 atom stereocenters. The van der Waals surface area contributed by atoms with Crippen molar-refractivity contribution in [3.63, 3.8) is 0 Å². The maximum absolute atomic E-state index is 5.81. The van der Waals surface area contributed by atoms with E-state index in [1.165, 1.54) is 45.2 Å². The van der Waals surface area contributed by atoms with Crippen LogP contribution in [0.5, 0.6) is 0 Å². The molecule has 1 heterocycles. The van der Waals surface area contributed by atoms with E-state index in [9.17, 15) is 0 Å². The van der Waals surface area contributed by atoms with Crippen LogP contribution >= 0.6 is 0 Å². The largest absolute Gasteiger partial charge is 0.377 e. The number of hydrogen-bond donors (Lipinski definition) is 1. The first-order valence-electron chi connectivity index (χ1n) is 6.38. The molecule has 2 aliphatic rings. The minimum atomic E-state index is 0.568. The predicted molar refractivity (Wildman–Crippen MR) is 62.1 cm³/mol. The molecule has 0 amide bonds. The number of nitrogens with zero attached hydrogens (tertiary/aromatic N) is 1. The van der Waals surface area contributed by atoms with Crippen LogP contribution in [0.3, 0.4) is 0 Å². The molecule has 2 rings (SSSR count). The van der Waals surface area contributed by atoms with E-state index in [0.717, 1.165) is 13.2 Å². The van der Waals surface area contributed by atoms with Crippen LogP contribution in [0.4, 0.5) is 0 Å². The lowest BCUT2D eigenvalue weighted by atomic mass is 10.2. The molecule has 3 nitrogen and oxygen atoms in total. The lowest BCUT2D eigenvalue weighted by Gasteiger charge is -2.15. The van der Waals surface area contributed by atoms with Gasteiger partial charge in [0, 0.05) is 19.1 Å². The molecule has 1 N–H and O–H groups in total. The van der Waals surface area contributed by atoms with Crippen molar-refractivity contribution in [3.8, 4) is 0 Å². The van der Waals surface area contributed by atoms with E-state index in [2.05, 4.69) is 17.3 Å². The Labute approximate surface area is 93.2 Å². The fourth-order valence-electron chi connectivity index (χ4n) is 2.65. The summed E-state index contributed by atoms with van der Waals surface area (Å²) in [5.41, 5.74) is 0. The van der Waals surface area contributed by atoms with Gasteiger partial charge >= 0.3 is 0 Å². The Morgan fingerprint density at radius 2 is 2.07 bits per heavy atom. The summed E-state index contributed by atoms with van der Waals surface area (Å²) < 4.78 is 5.81. The van der Waals surface area contributed by atoms with Gasteiger partial charge in [0.25, 0.3) is 0 Å². The second-order valence-corrected chi connectivity index (χ2v) is 4.98. The van der Waals surface area contributed by atoms with E-state index in [4.69, 9.17) is 4.74 Å². The van der Waals surface area contributed by atoms with Gasteiger partial charge in [0.15, 0.2) is 0 Å². The van der Waals surface area contributed by atoms with Crippen LogP contribution in [0.25, 0.3) is 0 Å². The Bertz CT molecular complexity index is 180. The summed E-state index contributed by atoms with van der Waals surface area (Å²) in [6.45, 7) is 4.35. The number of likely N-dealkylation sites (tertiary alicyclic amines) is 1. The van der Waals surface area contributed by atoms with Crippen LogP contribution in [0.15, 0.2) is 0 Å². The summed E-state index contributed by atoms with van der Waals surface area (Å²) in [5.74, 6) is 0. The van der Waals surface area contributed by atoms with Gasteiger partial charge in [-0.2, -0.15) is 0 Å². The number of hydrogen-bond acceptors (Lipinski definition) is 3. The zero-order valence-electron chi connectivity index (χ0n) is 9.87. The van der Waals surface area contributed by atoms with E-state index in [1.807, 2.05) is 0 Å². The van der Waals surface area contributed by atoms with Gasteiger partial charge in [-0.3, -0.25) is 0 Å². The quantitative estimate of drug-likeness (QED) is 0.694. The standard InChI is InChI=1S/C12H24N2O/c1-14-8-6-11(10-14)13-7-9-15-12-4-2-3-5-12/h11-13H,2-10H2,1H3. The normalized spacial score (nSPS) is 29.0. The summed E-state index contributed by atoms with van der Waals surface area (Å²) in [5, 5.41) is 3.57. The molecule has 1 unspecified atom stereocenters. The van der Waals surface area contributed by atoms with E-state index < -0.39 is 0 Å². The molecular formula is C12H24N2O. The van der Waals surface area contributed by atoms with Gasteiger partial charge in [0.05, 0.1) is 12.7 Å². The molecule has 0 aromatic rings. The summed E-state index contributed by atoms with van der Waals surface area (Å²) in [6.07, 6.45) is 7.16. The predicted octanol–water partition coefficient (Wildman–Crippen LogP) is 1.24. The monoisotopic (exact) mass is 212 g/mol. The summed E-state index contributed by atoms with van der Waals surface area (Å²) in [6, 6.07) is 0.696. The number of likely N-dealkylation sites (N-methyl/N-ethyl adjacent to an activating group) is 1. The highest BCUT2D eigenvalue weighted by Crippen LogP contribution is 2.20. The molecule has 0 spiro atoms. The summed E-state index contributed by atoms with van der Waals surface area (Å²) >= 11 is 0. The van der Waals surface area contributed by atoms with Gasteiger partial charge in [-0.05, 0) is 32.9 Å². The SMILES string of the molecule is CN1CCC(NCCOC2CCCC2)C1. The molecule has 1 aliphatic heterocycles. The Balaban J connectivity index is 1.48. The number of nitrogens with one attached hydrogen (secondary N) is 1. The van der Waals surface area contributed by atoms with E-state index in [0.29, 0.717) is 12.1 Å². The Morgan fingerprint density at radius 3 is 2.73 bits per heavy atom. The van der Waals surface area contributed by atoms with Crippen molar-refractivity contribution in [3.05, 3.63) is 0 Å². The molecule has 3 heteroatoms. The summed E-state index contributed by atoms with van der Waals surface area (Å²) in [7, 11) is 2.19. The maximum Gasteiger partial charge on any atom is 0.0594 e. The lowest BCUT2D eigenvalue weighted by Crippen LogP contribution is -2.34. The minimum absolute atomic E-state index is 0.568. The number of rotatable bonds is 5. The van der Waals surface area contributed by atoms with Gasteiger partial charge < -0.3 is 15.0 Å². The third-order valence-electron chi connectivity index (χ3n) is 3.58. The average Bonchev–Trinajstić information content (AvgIpc) is 2.84. The molecular weight excluding hydrogens is 188 g/mol. The van der Waals surface area contributed by atoms with Gasteiger partial charge in [0.1, 0.15) is 0 Å². The first-order chi connectivity index (χ1) is 7.34. The lowest BCUT2D eigenvalue weighted by molar-refractivity contribution is 0.0592. The van der Waals surface area contributed by atoms with Crippen molar-refractivity contribution in [2.45, 2.75) is 44.2 Å². The topological polar surface area (TPSA) is 24.5 Å². The molecule has 15 heavy (non-hydrogen) atoms. The van der Waals surface area contributed by atoms with Crippen LogP contribution < -0.4 is 5.32 Å². The molecule has 1 saturated carbocycles. The van der Waals surface area contributed by atoms with Crippen LogP contribution in [0.2, 0.25) is 0 Å². The van der Waals surface area contributed by atoms with Crippen LogP contribution in [-0.2, 0) is 4.74 Å². The first kappa shape index (κ1) is 11.4. The zero-order chi connectivity index (χ0) is 10.5. The maximum atomic E-state index is 5.81. The molecule has 0 bridgehead atoms. The third kappa shape index (κ3) is 3.74. The van der Waals surface area contributed by atoms with Crippen LogP contribution in [0, 0.1) is 0 Å². The molecule has 0 radical (unpaired) electrons. The van der Waals surface area contributed by atoms with Gasteiger partial charge in [-0.15, -0.1) is 0 Å². The van der Waals surface area contributed by atoms with E-state index >= 15 is 0 Å². The smallest absolute Gasteiger partial charge is 0.0594 e. The zero-order valence-corrected chi connectivity index (χ0v) is 9.87. The highest BCUT2D eigenvalue weighted by atomic mass is 16.5. The molecule has 2 fully saturated rings. The summed E-state index contributed by atoms with van der Waals surface area (Å²) in [4.78, 5) is 2.38. The molecule has 0 aromatic carbocycles. The Hall–Kier alpha value is -0.120. The molecule has 0 aromatic heterocycles. The molecule has 88 valence electrons. The van der Waals surface area contributed by atoms with Crippen LogP contribution in [0.1, 0.15) is 32.1 Å². The minimum Gasteiger partial charge on any atom is -0.377 e. The van der Waals surface area contributed by atoms with Crippen molar-refractivity contribution in [2.75, 3.05) is 33.3 Å². The van der Waals surface area contributed by atoms with Gasteiger partial charge in [-0.25, -0.2) is 0 Å². The highest BCUT2D eigenvalue weighted by Gasteiger charge is 2.19. The average molecular weight is 212 g/mol. The van der Waals surface area contributed by atoms with Gasteiger partial charge in [0.2, 0.25) is 0 Å². The van der Waals surface area contributed by atoms with Gasteiger partial charge in [-0.1, -0.05) is 12.8 Å². The second kappa shape index (κ2) is 5.83. The Kier molecular flexibility index (Phi) is 4.42. The number of ether oxygens (including phenoxy) is 1. The van der Waals surface area contributed by atoms with Crippen molar-refractivity contribution in [2.24, 2.45) is 0 Å². The highest BCUT2D eigenvalue weighted by molar-refractivity contribution is 4.78. The van der Waals surface area contributed by atoms with Crippen molar-refractivity contribution in [1.29, 1.82) is 0 Å². The van der Waals surface area contributed by atoms with Crippen molar-refractivity contribution in [1.82, 2.24) is 10.2 Å². The van der Waals surface area contributed by atoms with E-state index in [1.54, 1.807) is 0 Å². The van der Waals surface area contributed by atoms with E-state index in [-0.39, 0.29) is 0 Å². The third-order valence-corrected chi connectivity index (χ3v) is 3.58. The first-order valence-corrected chi connectivity index (χ1v) is 6.38. The van der Waals surface area contributed by atoms with Crippen molar-refractivity contribution >= 4 is 0 Å². The molecule has 1 saturated heterocycles. The second-order valence-electron chi connectivity index (χ2n) is 4.98. The van der Waals surface area contributed by atoms with Crippen LogP contribution in [-0.4, -0.2) is 50.3 Å². The van der Waals surface area contributed by atoms with Crippen molar-refractivity contribution < 1.29 is 4.74 Å². The fraction of sp³-hybridized carbons (Fsp3) is 1.00.